The number of benzene rings is 3. The molecule has 0 aliphatic rings. The fraction of sp³-hybridized carbons (Fsp3) is 0.486. The lowest BCUT2D eigenvalue weighted by Crippen LogP contribution is -2.12. The van der Waals surface area contributed by atoms with Crippen molar-refractivity contribution in [2.75, 3.05) is 5.32 Å². The highest BCUT2D eigenvalue weighted by Crippen LogP contribution is 2.30. The lowest BCUT2D eigenvalue weighted by atomic mass is 10.00. The molecule has 0 aromatic heterocycles. The maximum Gasteiger partial charge on any atom is 0.255 e. The zero-order valence-corrected chi connectivity index (χ0v) is 25.0. The molecule has 0 unspecified atom stereocenters. The van der Waals surface area contributed by atoms with Crippen LogP contribution in [0.2, 0.25) is 0 Å². The predicted octanol–water partition coefficient (Wildman–Crippen LogP) is 10.9. The number of phenolic OH excluding ortho intramolecular Hbond substituents is 1. The number of aryl methyl sites for hydroxylation is 2. The number of amides is 1. The quantitative estimate of drug-likeness (QED) is 0.117. The molecule has 0 fully saturated rings. The van der Waals surface area contributed by atoms with Gasteiger partial charge in [0.25, 0.3) is 5.91 Å². The normalized spacial score (nSPS) is 11.1. The lowest BCUT2D eigenvalue weighted by Gasteiger charge is -2.11. The van der Waals surface area contributed by atoms with Gasteiger partial charge in [-0.15, -0.1) is 0 Å². The van der Waals surface area contributed by atoms with Crippen LogP contribution in [0.25, 0.3) is 11.1 Å². The third-order valence-electron chi connectivity index (χ3n) is 7.89. The topological polar surface area (TPSA) is 49.3 Å². The highest BCUT2D eigenvalue weighted by Gasteiger charge is 2.11. The van der Waals surface area contributed by atoms with Crippen molar-refractivity contribution in [2.45, 2.75) is 117 Å². The zero-order chi connectivity index (χ0) is 28.4. The molecule has 3 heteroatoms. The molecule has 0 atom stereocenters. The number of rotatable bonds is 19. The molecule has 3 rings (SSSR count). The van der Waals surface area contributed by atoms with Gasteiger partial charge in [-0.25, -0.2) is 0 Å². The van der Waals surface area contributed by atoms with Crippen LogP contribution in [0.3, 0.4) is 0 Å². The van der Waals surface area contributed by atoms with Crippen molar-refractivity contribution < 1.29 is 9.90 Å². The number of hydrogen-bond acceptors (Lipinski definition) is 2. The van der Waals surface area contributed by atoms with E-state index in [-0.39, 0.29) is 11.7 Å². The Kier molecular flexibility index (Phi) is 14.4. The average molecular weight is 542 g/mol. The van der Waals surface area contributed by atoms with Crippen molar-refractivity contribution in [3.8, 4) is 16.9 Å². The van der Waals surface area contributed by atoms with E-state index in [1.807, 2.05) is 36.4 Å². The molecular weight excluding hydrogens is 490 g/mol. The molecule has 40 heavy (non-hydrogen) atoms. The first-order valence-electron chi connectivity index (χ1n) is 15.9. The lowest BCUT2D eigenvalue weighted by molar-refractivity contribution is 0.102. The van der Waals surface area contributed by atoms with Gasteiger partial charge in [0.05, 0.1) is 5.69 Å². The molecule has 3 aromatic rings. The minimum atomic E-state index is -0.209. The molecule has 0 saturated carbocycles. The van der Waals surface area contributed by atoms with E-state index in [0.29, 0.717) is 11.3 Å². The molecule has 0 saturated heterocycles. The highest BCUT2D eigenvalue weighted by atomic mass is 16.3. The van der Waals surface area contributed by atoms with Crippen molar-refractivity contribution in [1.82, 2.24) is 0 Å². The standard InChI is InChI=1S/C37H51NO2/c1-3-5-7-9-11-12-14-16-17-30-19-23-32(24-20-30)34-27-28-36(39)35(29-34)38-37(40)33-25-21-31(22-26-33)18-15-13-10-8-6-4-2/h19-29,39H,3-18H2,1-2H3,(H,38,40). The Morgan fingerprint density at radius 1 is 0.575 bits per heavy atom. The number of unbranched alkanes of at least 4 members (excludes halogenated alkanes) is 12. The van der Waals surface area contributed by atoms with Crippen LogP contribution in [0.5, 0.6) is 5.75 Å². The summed E-state index contributed by atoms with van der Waals surface area (Å²) in [4.78, 5) is 12.9. The van der Waals surface area contributed by atoms with Crippen LogP contribution >= 0.6 is 0 Å². The molecule has 0 heterocycles. The SMILES string of the molecule is CCCCCCCCCCc1ccc(-c2ccc(O)c(NC(=O)c3ccc(CCCCCCCC)cc3)c2)cc1. The summed E-state index contributed by atoms with van der Waals surface area (Å²) in [5, 5.41) is 13.3. The molecule has 3 aromatic carbocycles. The summed E-state index contributed by atoms with van der Waals surface area (Å²) < 4.78 is 0. The Labute approximate surface area is 243 Å². The van der Waals surface area contributed by atoms with Gasteiger partial charge in [-0.1, -0.05) is 133 Å². The largest absolute Gasteiger partial charge is 0.506 e. The van der Waals surface area contributed by atoms with Gasteiger partial charge < -0.3 is 10.4 Å². The Morgan fingerprint density at radius 2 is 1.02 bits per heavy atom. The van der Waals surface area contributed by atoms with E-state index in [0.717, 1.165) is 24.0 Å². The van der Waals surface area contributed by atoms with Gasteiger partial charge in [-0.05, 0) is 72.2 Å². The fourth-order valence-corrected chi connectivity index (χ4v) is 5.27. The van der Waals surface area contributed by atoms with E-state index in [1.165, 1.54) is 101 Å². The zero-order valence-electron chi connectivity index (χ0n) is 25.0. The fourth-order valence-electron chi connectivity index (χ4n) is 5.27. The Morgan fingerprint density at radius 3 is 1.55 bits per heavy atom. The van der Waals surface area contributed by atoms with Gasteiger partial charge in [0.1, 0.15) is 5.75 Å². The van der Waals surface area contributed by atoms with Gasteiger partial charge >= 0.3 is 0 Å². The maximum absolute atomic E-state index is 12.9. The first-order chi connectivity index (χ1) is 19.6. The van der Waals surface area contributed by atoms with Crippen molar-refractivity contribution in [2.24, 2.45) is 0 Å². The second-order valence-electron chi connectivity index (χ2n) is 11.3. The van der Waals surface area contributed by atoms with Gasteiger partial charge in [-0.3, -0.25) is 4.79 Å². The Bertz CT molecular complexity index is 1120. The molecule has 216 valence electrons. The summed E-state index contributed by atoms with van der Waals surface area (Å²) in [7, 11) is 0. The van der Waals surface area contributed by atoms with E-state index in [2.05, 4.69) is 43.4 Å². The molecule has 2 N–H and O–H groups in total. The van der Waals surface area contributed by atoms with Crippen LogP contribution in [-0.2, 0) is 12.8 Å². The first kappa shape index (κ1) is 31.5. The monoisotopic (exact) mass is 541 g/mol. The Balaban J connectivity index is 1.48. The van der Waals surface area contributed by atoms with Crippen LogP contribution in [0.4, 0.5) is 5.69 Å². The molecule has 1 amide bonds. The average Bonchev–Trinajstić information content (AvgIpc) is 2.98. The van der Waals surface area contributed by atoms with Crippen LogP contribution in [-0.4, -0.2) is 11.0 Å². The number of carbonyl (C=O) groups is 1. The van der Waals surface area contributed by atoms with E-state index in [1.54, 1.807) is 6.07 Å². The second kappa shape index (κ2) is 18.3. The molecule has 0 bridgehead atoms. The molecule has 0 aliphatic heterocycles. The van der Waals surface area contributed by atoms with Gasteiger partial charge in [0.2, 0.25) is 0 Å². The number of phenols is 1. The number of nitrogens with one attached hydrogen (secondary N) is 1. The molecule has 0 radical (unpaired) electrons. The van der Waals surface area contributed by atoms with E-state index < -0.39 is 0 Å². The maximum atomic E-state index is 12.9. The van der Waals surface area contributed by atoms with Gasteiger partial charge in [0, 0.05) is 5.56 Å². The van der Waals surface area contributed by atoms with Crippen LogP contribution < -0.4 is 5.32 Å². The Hall–Kier alpha value is -3.07. The molecule has 3 nitrogen and oxygen atoms in total. The highest BCUT2D eigenvalue weighted by molar-refractivity contribution is 6.05. The van der Waals surface area contributed by atoms with Gasteiger partial charge in [-0.2, -0.15) is 0 Å². The number of hydrogen-bond donors (Lipinski definition) is 2. The summed E-state index contributed by atoms with van der Waals surface area (Å²) in [6.07, 6.45) is 20.5. The van der Waals surface area contributed by atoms with Crippen LogP contribution in [0, 0.1) is 0 Å². The smallest absolute Gasteiger partial charge is 0.255 e. The predicted molar refractivity (Wildman–Crippen MR) is 171 cm³/mol. The molecular formula is C37H51NO2. The number of anilines is 1. The third-order valence-corrected chi connectivity index (χ3v) is 7.89. The summed E-state index contributed by atoms with van der Waals surface area (Å²) in [5.41, 5.74) is 5.71. The second-order valence-corrected chi connectivity index (χ2v) is 11.3. The van der Waals surface area contributed by atoms with E-state index >= 15 is 0 Å². The van der Waals surface area contributed by atoms with Crippen molar-refractivity contribution in [3.63, 3.8) is 0 Å². The van der Waals surface area contributed by atoms with Crippen molar-refractivity contribution >= 4 is 11.6 Å². The van der Waals surface area contributed by atoms with E-state index in [4.69, 9.17) is 0 Å². The third kappa shape index (κ3) is 11.2. The number of aromatic hydroxyl groups is 1. The summed E-state index contributed by atoms with van der Waals surface area (Å²) in [6, 6.07) is 22.0. The summed E-state index contributed by atoms with van der Waals surface area (Å²) in [5.74, 6) is -0.137. The van der Waals surface area contributed by atoms with Crippen LogP contribution in [0.15, 0.2) is 66.7 Å². The van der Waals surface area contributed by atoms with Gasteiger partial charge in [0.15, 0.2) is 0 Å². The molecule has 0 spiro atoms. The first-order valence-corrected chi connectivity index (χ1v) is 15.9. The molecule has 0 aliphatic carbocycles. The van der Waals surface area contributed by atoms with Crippen molar-refractivity contribution in [1.29, 1.82) is 0 Å². The summed E-state index contributed by atoms with van der Waals surface area (Å²) >= 11 is 0. The minimum absolute atomic E-state index is 0.0723. The van der Waals surface area contributed by atoms with Crippen molar-refractivity contribution in [3.05, 3.63) is 83.4 Å². The minimum Gasteiger partial charge on any atom is -0.506 e. The summed E-state index contributed by atoms with van der Waals surface area (Å²) in [6.45, 7) is 4.51. The van der Waals surface area contributed by atoms with Crippen LogP contribution in [0.1, 0.15) is 125 Å². The number of carbonyl (C=O) groups excluding carboxylic acids is 1. The van der Waals surface area contributed by atoms with E-state index in [9.17, 15) is 9.90 Å².